The molecule has 0 aliphatic carbocycles. The van der Waals surface area contributed by atoms with Crippen molar-refractivity contribution in [1.29, 1.82) is 0 Å². The number of aromatic amines is 1. The molecule has 1 N–H and O–H groups in total. The molecule has 0 aromatic carbocycles. The molecule has 0 spiro atoms. The lowest BCUT2D eigenvalue weighted by Gasteiger charge is -1.85. The molecule has 0 amide bonds. The van der Waals surface area contributed by atoms with Crippen molar-refractivity contribution in [2.45, 2.75) is 0 Å². The molecule has 0 aliphatic rings. The first-order valence-corrected chi connectivity index (χ1v) is 4.04. The van der Waals surface area contributed by atoms with Gasteiger partial charge in [0.05, 0.1) is 10.2 Å². The van der Waals surface area contributed by atoms with E-state index >= 15 is 0 Å². The number of nitrogens with zero attached hydrogens (tertiary/aromatic N) is 2. The molecule has 12 heavy (non-hydrogen) atoms. The highest BCUT2D eigenvalue weighted by Gasteiger charge is 2.08. The maximum Gasteiger partial charge on any atom is 0.153 e. The molecule has 0 unspecified atom stereocenters. The molecule has 2 aromatic heterocycles. The van der Waals surface area contributed by atoms with Crippen LogP contribution in [0.2, 0.25) is 0 Å². The molecule has 2 rings (SSSR count). The van der Waals surface area contributed by atoms with Gasteiger partial charge in [-0.2, -0.15) is 0 Å². The Kier molecular flexibility index (Phi) is 1.65. The number of aromatic nitrogens is 3. The molecule has 0 fully saturated rings. The van der Waals surface area contributed by atoms with E-state index in [0.29, 0.717) is 15.8 Å². The molecule has 0 bridgehead atoms. The number of hydrogen-bond donors (Lipinski definition) is 1. The Morgan fingerprint density at radius 1 is 1.58 bits per heavy atom. The predicted molar refractivity (Wildman–Crippen MR) is 47.0 cm³/mol. The van der Waals surface area contributed by atoms with Crippen LogP contribution < -0.4 is 0 Å². The Morgan fingerprint density at radius 3 is 3.17 bits per heavy atom. The van der Waals surface area contributed by atoms with E-state index in [1.54, 1.807) is 6.20 Å². The minimum Gasteiger partial charge on any atom is -0.333 e. The summed E-state index contributed by atoms with van der Waals surface area (Å²) in [4.78, 5) is 21.3. The van der Waals surface area contributed by atoms with Crippen LogP contribution in [-0.2, 0) is 0 Å². The molecule has 0 radical (unpaired) electrons. The number of fused-ring (bicyclic) bond motifs is 1. The van der Waals surface area contributed by atoms with Gasteiger partial charge in [-0.15, -0.1) is 0 Å². The van der Waals surface area contributed by atoms with E-state index in [-0.39, 0.29) is 0 Å². The molecule has 2 aromatic rings. The van der Waals surface area contributed by atoms with Gasteiger partial charge in [0, 0.05) is 11.6 Å². The normalized spacial score (nSPS) is 10.4. The van der Waals surface area contributed by atoms with Crippen LogP contribution in [0.25, 0.3) is 11.0 Å². The zero-order valence-electron chi connectivity index (χ0n) is 5.91. The Morgan fingerprint density at radius 2 is 2.42 bits per heavy atom. The summed E-state index contributed by atoms with van der Waals surface area (Å²) in [6, 6.07) is 0. The van der Waals surface area contributed by atoms with Crippen molar-refractivity contribution in [2.75, 3.05) is 0 Å². The van der Waals surface area contributed by atoms with Crippen LogP contribution in [0.4, 0.5) is 0 Å². The molecule has 0 saturated carbocycles. The highest BCUT2D eigenvalue weighted by Crippen LogP contribution is 2.21. The first-order chi connectivity index (χ1) is 5.83. The predicted octanol–water partition coefficient (Wildman–Crippen LogP) is 1.53. The molecule has 0 aliphatic heterocycles. The van der Waals surface area contributed by atoms with Crippen molar-refractivity contribution in [3.8, 4) is 0 Å². The SMILES string of the molecule is O=Cc1c(Br)[nH]c2ncncc12. The molecule has 5 heteroatoms. The van der Waals surface area contributed by atoms with E-state index in [1.165, 1.54) is 6.33 Å². The number of carbonyl (C=O) groups excluding carboxylic acids is 1. The smallest absolute Gasteiger partial charge is 0.153 e. The summed E-state index contributed by atoms with van der Waals surface area (Å²) in [6.45, 7) is 0. The van der Waals surface area contributed by atoms with Gasteiger partial charge in [0.15, 0.2) is 6.29 Å². The van der Waals surface area contributed by atoms with Crippen LogP contribution in [0.15, 0.2) is 17.1 Å². The van der Waals surface area contributed by atoms with Crippen molar-refractivity contribution >= 4 is 33.2 Å². The number of rotatable bonds is 1. The summed E-state index contributed by atoms with van der Waals surface area (Å²) in [5.74, 6) is 0. The largest absolute Gasteiger partial charge is 0.333 e. The summed E-state index contributed by atoms with van der Waals surface area (Å²) in [5.41, 5.74) is 1.23. The quantitative estimate of drug-likeness (QED) is 0.750. The monoisotopic (exact) mass is 225 g/mol. The maximum atomic E-state index is 10.6. The van der Waals surface area contributed by atoms with Gasteiger partial charge in [-0.1, -0.05) is 0 Å². The fraction of sp³-hybridized carbons (Fsp3) is 0. The lowest BCUT2D eigenvalue weighted by atomic mass is 10.3. The maximum absolute atomic E-state index is 10.6. The van der Waals surface area contributed by atoms with Gasteiger partial charge >= 0.3 is 0 Å². The average Bonchev–Trinajstić information content (AvgIpc) is 2.40. The van der Waals surface area contributed by atoms with Crippen molar-refractivity contribution in [1.82, 2.24) is 15.0 Å². The minimum atomic E-state index is 0.561. The molecule has 0 atom stereocenters. The summed E-state index contributed by atoms with van der Waals surface area (Å²) >= 11 is 3.22. The molecule has 60 valence electrons. The van der Waals surface area contributed by atoms with Crippen LogP contribution in [0, 0.1) is 0 Å². The van der Waals surface area contributed by atoms with Crippen LogP contribution in [0.5, 0.6) is 0 Å². The zero-order chi connectivity index (χ0) is 8.55. The molecule has 2 heterocycles. The number of halogens is 1. The Bertz CT molecular complexity index is 437. The standard InChI is InChI=1S/C7H4BrN3O/c8-6-5(2-12)4-1-9-3-10-7(4)11-6/h1-3H,(H,9,10,11). The van der Waals surface area contributed by atoms with Gasteiger partial charge < -0.3 is 4.98 Å². The van der Waals surface area contributed by atoms with Crippen LogP contribution in [0.1, 0.15) is 10.4 Å². The van der Waals surface area contributed by atoms with Gasteiger partial charge in [0.2, 0.25) is 0 Å². The van der Waals surface area contributed by atoms with E-state index < -0.39 is 0 Å². The summed E-state index contributed by atoms with van der Waals surface area (Å²) in [7, 11) is 0. The van der Waals surface area contributed by atoms with Gasteiger partial charge in [-0.3, -0.25) is 4.79 Å². The zero-order valence-corrected chi connectivity index (χ0v) is 7.50. The fourth-order valence-electron chi connectivity index (χ4n) is 1.03. The van der Waals surface area contributed by atoms with E-state index in [0.717, 1.165) is 11.7 Å². The van der Waals surface area contributed by atoms with E-state index in [1.807, 2.05) is 0 Å². The van der Waals surface area contributed by atoms with Crippen molar-refractivity contribution < 1.29 is 4.79 Å². The first kappa shape index (κ1) is 7.42. The minimum absolute atomic E-state index is 0.561. The van der Waals surface area contributed by atoms with Crippen molar-refractivity contribution in [3.05, 3.63) is 22.7 Å². The van der Waals surface area contributed by atoms with Gasteiger partial charge in [-0.25, -0.2) is 9.97 Å². The summed E-state index contributed by atoms with van der Waals surface area (Å²) in [6.07, 6.45) is 3.81. The molecular weight excluding hydrogens is 222 g/mol. The molecule has 4 nitrogen and oxygen atoms in total. The molecular formula is C7H4BrN3O. The number of aldehydes is 1. The Hall–Kier alpha value is -1.23. The van der Waals surface area contributed by atoms with Gasteiger partial charge in [-0.05, 0) is 15.9 Å². The van der Waals surface area contributed by atoms with E-state index in [2.05, 4.69) is 30.9 Å². The molecule has 0 saturated heterocycles. The third-order valence-electron chi connectivity index (χ3n) is 1.58. The fourth-order valence-corrected chi connectivity index (χ4v) is 1.53. The van der Waals surface area contributed by atoms with E-state index in [4.69, 9.17) is 0 Å². The van der Waals surface area contributed by atoms with Crippen molar-refractivity contribution in [3.63, 3.8) is 0 Å². The summed E-state index contributed by atoms with van der Waals surface area (Å²) < 4.78 is 0.646. The number of nitrogens with one attached hydrogen (secondary N) is 1. The Labute approximate surface area is 76.2 Å². The highest BCUT2D eigenvalue weighted by atomic mass is 79.9. The van der Waals surface area contributed by atoms with Crippen LogP contribution in [0.3, 0.4) is 0 Å². The van der Waals surface area contributed by atoms with Crippen molar-refractivity contribution in [2.24, 2.45) is 0 Å². The topological polar surface area (TPSA) is 58.6 Å². The average molecular weight is 226 g/mol. The third-order valence-corrected chi connectivity index (χ3v) is 2.21. The lowest BCUT2D eigenvalue weighted by Crippen LogP contribution is -1.79. The highest BCUT2D eigenvalue weighted by molar-refractivity contribution is 9.10. The lowest BCUT2D eigenvalue weighted by molar-refractivity contribution is 0.112. The number of carbonyl (C=O) groups is 1. The Balaban J connectivity index is 2.90. The summed E-state index contributed by atoms with van der Waals surface area (Å²) in [5, 5.41) is 0.736. The number of hydrogen-bond acceptors (Lipinski definition) is 3. The second-order valence-electron chi connectivity index (χ2n) is 2.26. The number of H-pyrrole nitrogens is 1. The van der Waals surface area contributed by atoms with Gasteiger partial charge in [0.25, 0.3) is 0 Å². The second-order valence-corrected chi connectivity index (χ2v) is 3.05. The second kappa shape index (κ2) is 2.67. The third kappa shape index (κ3) is 0.937. The van der Waals surface area contributed by atoms with Gasteiger partial charge in [0.1, 0.15) is 12.0 Å². The van der Waals surface area contributed by atoms with Crippen LogP contribution >= 0.6 is 15.9 Å². The first-order valence-electron chi connectivity index (χ1n) is 3.25. The van der Waals surface area contributed by atoms with Crippen LogP contribution in [-0.4, -0.2) is 21.2 Å². The van der Waals surface area contributed by atoms with E-state index in [9.17, 15) is 4.79 Å².